The minimum Gasteiger partial charge on any atom is -0.493 e. The Balaban J connectivity index is 2.04. The molecule has 2 N–H and O–H groups in total. The first kappa shape index (κ1) is 20.8. The van der Waals surface area contributed by atoms with Crippen LogP contribution in [0.2, 0.25) is 0 Å². The maximum absolute atomic E-state index is 13.9. The number of halogens is 2. The van der Waals surface area contributed by atoms with Crippen molar-refractivity contribution in [2.45, 2.75) is 13.1 Å². The lowest BCUT2D eigenvalue weighted by Gasteiger charge is -2.16. The number of aliphatic imine (C=N–C) groups is 1. The summed E-state index contributed by atoms with van der Waals surface area (Å²) in [4.78, 5) is 4.16. The van der Waals surface area contributed by atoms with E-state index in [0.29, 0.717) is 41.9 Å². The summed E-state index contributed by atoms with van der Waals surface area (Å²) in [5.74, 6) is 1.96. The predicted molar refractivity (Wildman–Crippen MR) is 107 cm³/mol. The maximum Gasteiger partial charge on any atom is 0.203 e. The molecular formula is C19H23BrFN3O3. The van der Waals surface area contributed by atoms with Gasteiger partial charge in [-0.15, -0.1) is 0 Å². The molecule has 8 heteroatoms. The van der Waals surface area contributed by atoms with Crippen LogP contribution in [0.25, 0.3) is 0 Å². The molecule has 0 atom stereocenters. The summed E-state index contributed by atoms with van der Waals surface area (Å²) >= 11 is 3.35. The van der Waals surface area contributed by atoms with E-state index in [1.165, 1.54) is 6.07 Å². The van der Waals surface area contributed by atoms with Crippen molar-refractivity contribution >= 4 is 21.9 Å². The van der Waals surface area contributed by atoms with Crippen molar-refractivity contribution in [1.82, 2.24) is 10.6 Å². The fourth-order valence-electron chi connectivity index (χ4n) is 2.50. The first-order chi connectivity index (χ1) is 13.0. The van der Waals surface area contributed by atoms with Crippen molar-refractivity contribution in [3.05, 3.63) is 51.7 Å². The molecule has 2 rings (SSSR count). The van der Waals surface area contributed by atoms with Gasteiger partial charge in [-0.05, 0) is 35.9 Å². The third-order valence-corrected chi connectivity index (χ3v) is 4.36. The number of rotatable bonds is 7. The SMILES string of the molecule is CN=C(NCc1cc(OC)c(OC)c(OC)c1)NCc1cc(Br)ccc1F. The van der Waals surface area contributed by atoms with Gasteiger partial charge in [0, 0.05) is 30.2 Å². The molecule has 0 radical (unpaired) electrons. The van der Waals surface area contributed by atoms with E-state index in [1.807, 2.05) is 12.1 Å². The van der Waals surface area contributed by atoms with Gasteiger partial charge in [0.1, 0.15) is 5.82 Å². The highest BCUT2D eigenvalue weighted by molar-refractivity contribution is 9.10. The molecule has 27 heavy (non-hydrogen) atoms. The summed E-state index contributed by atoms with van der Waals surface area (Å²) < 4.78 is 30.7. The standard InChI is InChI=1S/C19H23BrFN3O3/c1-22-19(24-11-13-9-14(20)5-6-15(13)21)23-10-12-7-16(25-2)18(27-4)17(8-12)26-3/h5-9H,10-11H2,1-4H3,(H2,22,23,24). The lowest BCUT2D eigenvalue weighted by Crippen LogP contribution is -2.36. The van der Waals surface area contributed by atoms with Crippen LogP contribution in [0.1, 0.15) is 11.1 Å². The van der Waals surface area contributed by atoms with Crippen molar-refractivity contribution < 1.29 is 18.6 Å². The Morgan fingerprint density at radius 1 is 1.00 bits per heavy atom. The highest BCUT2D eigenvalue weighted by Crippen LogP contribution is 2.38. The van der Waals surface area contributed by atoms with Gasteiger partial charge in [0.25, 0.3) is 0 Å². The summed E-state index contributed by atoms with van der Waals surface area (Å²) in [5, 5.41) is 6.28. The molecule has 0 aromatic heterocycles. The molecule has 0 aliphatic rings. The topological polar surface area (TPSA) is 64.1 Å². The van der Waals surface area contributed by atoms with E-state index in [1.54, 1.807) is 40.5 Å². The second-order valence-corrected chi connectivity index (χ2v) is 6.46. The summed E-state index contributed by atoms with van der Waals surface area (Å²) in [5.41, 5.74) is 1.46. The molecular weight excluding hydrogens is 417 g/mol. The van der Waals surface area contributed by atoms with Gasteiger partial charge < -0.3 is 24.8 Å². The first-order valence-corrected chi connectivity index (χ1v) is 8.99. The van der Waals surface area contributed by atoms with Crippen molar-refractivity contribution in [1.29, 1.82) is 0 Å². The Hall–Kier alpha value is -2.48. The monoisotopic (exact) mass is 439 g/mol. The Morgan fingerprint density at radius 3 is 2.19 bits per heavy atom. The molecule has 0 unspecified atom stereocenters. The largest absolute Gasteiger partial charge is 0.493 e. The third-order valence-electron chi connectivity index (χ3n) is 3.86. The molecule has 0 spiro atoms. The number of hydrogen-bond acceptors (Lipinski definition) is 4. The van der Waals surface area contributed by atoms with E-state index < -0.39 is 0 Å². The molecule has 0 amide bonds. The zero-order valence-corrected chi connectivity index (χ0v) is 17.3. The molecule has 0 saturated carbocycles. The molecule has 0 heterocycles. The van der Waals surface area contributed by atoms with E-state index in [2.05, 4.69) is 31.6 Å². The van der Waals surface area contributed by atoms with Crippen LogP contribution in [0.4, 0.5) is 4.39 Å². The van der Waals surface area contributed by atoms with Crippen molar-refractivity contribution in [2.24, 2.45) is 4.99 Å². The number of ether oxygens (including phenoxy) is 3. The molecule has 146 valence electrons. The molecule has 0 aliphatic heterocycles. The number of methoxy groups -OCH3 is 3. The average molecular weight is 440 g/mol. The number of guanidine groups is 1. The van der Waals surface area contributed by atoms with Gasteiger partial charge in [0.05, 0.1) is 21.3 Å². The van der Waals surface area contributed by atoms with E-state index in [4.69, 9.17) is 14.2 Å². The average Bonchev–Trinajstić information content (AvgIpc) is 2.69. The first-order valence-electron chi connectivity index (χ1n) is 8.19. The number of hydrogen-bond donors (Lipinski definition) is 2. The molecule has 2 aromatic carbocycles. The van der Waals surface area contributed by atoms with Crippen LogP contribution in [0.3, 0.4) is 0 Å². The van der Waals surface area contributed by atoms with Gasteiger partial charge in [0.2, 0.25) is 5.75 Å². The summed E-state index contributed by atoms with van der Waals surface area (Å²) in [7, 11) is 6.36. The molecule has 0 bridgehead atoms. The fourth-order valence-corrected chi connectivity index (χ4v) is 2.91. The summed E-state index contributed by atoms with van der Waals surface area (Å²) in [6.07, 6.45) is 0. The van der Waals surface area contributed by atoms with E-state index in [0.717, 1.165) is 10.0 Å². The normalized spacial score (nSPS) is 11.1. The van der Waals surface area contributed by atoms with Crippen LogP contribution in [-0.4, -0.2) is 34.3 Å². The zero-order valence-electron chi connectivity index (χ0n) is 15.7. The van der Waals surface area contributed by atoms with E-state index in [9.17, 15) is 4.39 Å². The van der Waals surface area contributed by atoms with Crippen LogP contribution < -0.4 is 24.8 Å². The van der Waals surface area contributed by atoms with Crippen LogP contribution in [-0.2, 0) is 13.1 Å². The smallest absolute Gasteiger partial charge is 0.203 e. The van der Waals surface area contributed by atoms with Gasteiger partial charge in [-0.1, -0.05) is 15.9 Å². The van der Waals surface area contributed by atoms with Crippen molar-refractivity contribution in [3.63, 3.8) is 0 Å². The molecule has 0 aliphatic carbocycles. The van der Waals surface area contributed by atoms with Crippen LogP contribution in [0.15, 0.2) is 39.8 Å². The fraction of sp³-hybridized carbons (Fsp3) is 0.316. The Bertz CT molecular complexity index is 790. The molecule has 0 saturated heterocycles. The van der Waals surface area contributed by atoms with E-state index in [-0.39, 0.29) is 5.82 Å². The number of benzene rings is 2. The summed E-state index contributed by atoms with van der Waals surface area (Å²) in [6, 6.07) is 8.53. The molecule has 2 aromatic rings. The highest BCUT2D eigenvalue weighted by atomic mass is 79.9. The minimum atomic E-state index is -0.272. The van der Waals surface area contributed by atoms with Gasteiger partial charge >= 0.3 is 0 Å². The number of nitrogens with zero attached hydrogens (tertiary/aromatic N) is 1. The van der Waals surface area contributed by atoms with Gasteiger partial charge in [0.15, 0.2) is 17.5 Å². The minimum absolute atomic E-state index is 0.272. The second kappa shape index (κ2) is 10.0. The van der Waals surface area contributed by atoms with Gasteiger partial charge in [-0.3, -0.25) is 4.99 Å². The van der Waals surface area contributed by atoms with Gasteiger partial charge in [-0.25, -0.2) is 4.39 Å². The van der Waals surface area contributed by atoms with E-state index >= 15 is 0 Å². The number of nitrogens with one attached hydrogen (secondary N) is 2. The Morgan fingerprint density at radius 2 is 1.63 bits per heavy atom. The van der Waals surface area contributed by atoms with Crippen molar-refractivity contribution in [3.8, 4) is 17.2 Å². The second-order valence-electron chi connectivity index (χ2n) is 5.55. The van der Waals surface area contributed by atoms with Crippen LogP contribution in [0.5, 0.6) is 17.2 Å². The zero-order chi connectivity index (χ0) is 19.8. The quantitative estimate of drug-likeness (QED) is 0.510. The lowest BCUT2D eigenvalue weighted by molar-refractivity contribution is 0.323. The predicted octanol–water partition coefficient (Wildman–Crippen LogP) is 3.48. The third kappa shape index (κ3) is 5.50. The molecule has 0 fully saturated rings. The maximum atomic E-state index is 13.9. The molecule has 6 nitrogen and oxygen atoms in total. The lowest BCUT2D eigenvalue weighted by atomic mass is 10.2. The Labute approximate surface area is 166 Å². The summed E-state index contributed by atoms with van der Waals surface area (Å²) in [6.45, 7) is 0.775. The van der Waals surface area contributed by atoms with Crippen LogP contribution in [0, 0.1) is 5.82 Å². The van der Waals surface area contributed by atoms with Crippen molar-refractivity contribution in [2.75, 3.05) is 28.4 Å². The van der Waals surface area contributed by atoms with Gasteiger partial charge in [-0.2, -0.15) is 0 Å². The van der Waals surface area contributed by atoms with Crippen LogP contribution >= 0.6 is 15.9 Å². The Kier molecular flexibility index (Phi) is 7.72. The highest BCUT2D eigenvalue weighted by Gasteiger charge is 2.13.